The molecule has 0 aliphatic carbocycles. The number of nitrogens with one attached hydrogen (secondary N) is 1. The van der Waals surface area contributed by atoms with Gasteiger partial charge in [-0.25, -0.2) is 0 Å². The van der Waals surface area contributed by atoms with Crippen molar-refractivity contribution >= 4 is 5.78 Å². The molecule has 0 saturated carbocycles. The third-order valence-corrected chi connectivity index (χ3v) is 2.05. The van der Waals surface area contributed by atoms with Gasteiger partial charge in [0.1, 0.15) is 0 Å². The minimum Gasteiger partial charge on any atom is -0.310 e. The molecule has 0 atom stereocenters. The fraction of sp³-hybridized carbons (Fsp3) is 0.417. The van der Waals surface area contributed by atoms with Crippen LogP contribution in [0.3, 0.4) is 0 Å². The highest BCUT2D eigenvalue weighted by Gasteiger charge is 2.03. The highest BCUT2D eigenvalue weighted by atomic mass is 16.1. The molecule has 1 aromatic rings. The number of hydrogen-bond acceptors (Lipinski definition) is 2. The third kappa shape index (κ3) is 3.30. The second kappa shape index (κ2) is 5.55. The zero-order chi connectivity index (χ0) is 10.4. The molecule has 1 aromatic carbocycles. The van der Waals surface area contributed by atoms with Crippen molar-refractivity contribution < 1.29 is 4.79 Å². The summed E-state index contributed by atoms with van der Waals surface area (Å²) in [7, 11) is 0. The van der Waals surface area contributed by atoms with Crippen molar-refractivity contribution in [3.63, 3.8) is 0 Å². The lowest BCUT2D eigenvalue weighted by atomic mass is 10.1. The van der Waals surface area contributed by atoms with Gasteiger partial charge in [-0.2, -0.15) is 0 Å². The maximum atomic E-state index is 11.6. The van der Waals surface area contributed by atoms with Crippen LogP contribution in [0.5, 0.6) is 0 Å². The lowest BCUT2D eigenvalue weighted by Gasteiger charge is -2.03. The predicted molar refractivity (Wildman–Crippen MR) is 58.7 cm³/mol. The molecule has 0 amide bonds. The first kappa shape index (κ1) is 10.9. The van der Waals surface area contributed by atoms with Crippen molar-refractivity contribution in [2.45, 2.75) is 20.3 Å². The van der Waals surface area contributed by atoms with E-state index in [-0.39, 0.29) is 5.78 Å². The molecule has 0 saturated heterocycles. The van der Waals surface area contributed by atoms with Gasteiger partial charge in [-0.05, 0) is 26.0 Å². The number of carbonyl (C=O) groups is 1. The summed E-state index contributed by atoms with van der Waals surface area (Å²) in [5.41, 5.74) is 1.93. The van der Waals surface area contributed by atoms with Crippen LogP contribution in [-0.4, -0.2) is 18.9 Å². The van der Waals surface area contributed by atoms with Crippen LogP contribution in [0.4, 0.5) is 0 Å². The van der Waals surface area contributed by atoms with E-state index in [1.54, 1.807) is 0 Å². The van der Waals surface area contributed by atoms with E-state index in [0.717, 1.165) is 24.1 Å². The Balaban J connectivity index is 2.52. The molecule has 2 nitrogen and oxygen atoms in total. The summed E-state index contributed by atoms with van der Waals surface area (Å²) in [5, 5.41) is 3.10. The van der Waals surface area contributed by atoms with Crippen LogP contribution in [0, 0.1) is 6.92 Å². The summed E-state index contributed by atoms with van der Waals surface area (Å²) in [6.07, 6.45) is 1.06. The molecule has 14 heavy (non-hydrogen) atoms. The minimum absolute atomic E-state index is 0.169. The molecule has 0 heterocycles. The van der Waals surface area contributed by atoms with Crippen LogP contribution in [0.2, 0.25) is 0 Å². The van der Waals surface area contributed by atoms with Gasteiger partial charge in [-0.15, -0.1) is 0 Å². The Hall–Kier alpha value is -1.15. The Morgan fingerprint density at radius 3 is 2.86 bits per heavy atom. The number of ketones is 1. The predicted octanol–water partition coefficient (Wildman–Crippen LogP) is 2.18. The van der Waals surface area contributed by atoms with E-state index in [1.807, 2.05) is 31.2 Å². The second-order valence-electron chi connectivity index (χ2n) is 3.47. The first-order chi connectivity index (χ1) is 6.74. The molecule has 2 heteroatoms. The SMILES string of the molecule is CCCNCC(=O)c1cccc(C)c1. The molecule has 0 unspecified atom stereocenters. The number of benzene rings is 1. The maximum Gasteiger partial charge on any atom is 0.176 e. The Morgan fingerprint density at radius 2 is 2.21 bits per heavy atom. The fourth-order valence-corrected chi connectivity index (χ4v) is 1.30. The van der Waals surface area contributed by atoms with Crippen LogP contribution in [-0.2, 0) is 0 Å². The van der Waals surface area contributed by atoms with E-state index in [9.17, 15) is 4.79 Å². The molecule has 1 rings (SSSR count). The molecule has 76 valence electrons. The first-order valence-electron chi connectivity index (χ1n) is 5.04. The standard InChI is InChI=1S/C12H17NO/c1-3-7-13-9-12(14)11-6-4-5-10(2)8-11/h4-6,8,13H,3,7,9H2,1-2H3. The summed E-state index contributed by atoms with van der Waals surface area (Å²) in [4.78, 5) is 11.6. The van der Waals surface area contributed by atoms with Crippen molar-refractivity contribution in [1.82, 2.24) is 5.32 Å². The van der Waals surface area contributed by atoms with Crippen LogP contribution in [0.25, 0.3) is 0 Å². The van der Waals surface area contributed by atoms with E-state index in [2.05, 4.69) is 12.2 Å². The van der Waals surface area contributed by atoms with Gasteiger partial charge in [-0.3, -0.25) is 4.79 Å². The van der Waals surface area contributed by atoms with Crippen molar-refractivity contribution in [3.8, 4) is 0 Å². The highest BCUT2D eigenvalue weighted by molar-refractivity contribution is 5.97. The highest BCUT2D eigenvalue weighted by Crippen LogP contribution is 2.04. The zero-order valence-corrected chi connectivity index (χ0v) is 8.84. The molecule has 0 bridgehead atoms. The van der Waals surface area contributed by atoms with E-state index in [1.165, 1.54) is 0 Å². The van der Waals surface area contributed by atoms with Gasteiger partial charge in [-0.1, -0.05) is 30.7 Å². The lowest BCUT2D eigenvalue weighted by molar-refractivity contribution is 0.0991. The lowest BCUT2D eigenvalue weighted by Crippen LogP contribution is -2.23. The molecule has 0 fully saturated rings. The molecule has 0 aliphatic heterocycles. The third-order valence-electron chi connectivity index (χ3n) is 2.05. The smallest absolute Gasteiger partial charge is 0.176 e. The van der Waals surface area contributed by atoms with Gasteiger partial charge in [0.05, 0.1) is 6.54 Å². The average molecular weight is 191 g/mol. The summed E-state index contributed by atoms with van der Waals surface area (Å²) in [5.74, 6) is 0.169. The normalized spacial score (nSPS) is 10.1. The van der Waals surface area contributed by atoms with Gasteiger partial charge >= 0.3 is 0 Å². The molecular weight excluding hydrogens is 174 g/mol. The van der Waals surface area contributed by atoms with Crippen molar-refractivity contribution in [3.05, 3.63) is 35.4 Å². The van der Waals surface area contributed by atoms with Crippen LogP contribution in [0.15, 0.2) is 24.3 Å². The Kier molecular flexibility index (Phi) is 4.33. The average Bonchev–Trinajstić information content (AvgIpc) is 2.18. The summed E-state index contributed by atoms with van der Waals surface area (Å²) in [6.45, 7) is 5.43. The molecule has 0 radical (unpaired) electrons. The van der Waals surface area contributed by atoms with Gasteiger partial charge in [0, 0.05) is 5.56 Å². The first-order valence-corrected chi connectivity index (χ1v) is 5.04. The zero-order valence-electron chi connectivity index (χ0n) is 8.84. The van der Waals surface area contributed by atoms with Gasteiger partial charge in [0.25, 0.3) is 0 Å². The maximum absolute atomic E-state index is 11.6. The second-order valence-corrected chi connectivity index (χ2v) is 3.47. The largest absolute Gasteiger partial charge is 0.310 e. The minimum atomic E-state index is 0.169. The number of aryl methyl sites for hydroxylation is 1. The molecule has 1 N–H and O–H groups in total. The summed E-state index contributed by atoms with van der Waals surface area (Å²) in [6, 6.07) is 7.71. The molecule has 0 aromatic heterocycles. The Bertz CT molecular complexity index is 307. The number of hydrogen-bond donors (Lipinski definition) is 1. The monoisotopic (exact) mass is 191 g/mol. The summed E-state index contributed by atoms with van der Waals surface area (Å²) >= 11 is 0. The van der Waals surface area contributed by atoms with Crippen molar-refractivity contribution in [1.29, 1.82) is 0 Å². The summed E-state index contributed by atoms with van der Waals surface area (Å²) < 4.78 is 0. The Morgan fingerprint density at radius 1 is 1.43 bits per heavy atom. The fourth-order valence-electron chi connectivity index (χ4n) is 1.30. The van der Waals surface area contributed by atoms with Gasteiger partial charge < -0.3 is 5.32 Å². The van der Waals surface area contributed by atoms with Crippen molar-refractivity contribution in [2.24, 2.45) is 0 Å². The van der Waals surface area contributed by atoms with Gasteiger partial charge in [0.2, 0.25) is 0 Å². The number of Topliss-reactive ketones (excluding diaryl/α,β-unsaturated/α-hetero) is 1. The van der Waals surface area contributed by atoms with E-state index >= 15 is 0 Å². The molecule has 0 aliphatic rings. The molecule has 0 spiro atoms. The van der Waals surface area contributed by atoms with E-state index in [0.29, 0.717) is 6.54 Å². The van der Waals surface area contributed by atoms with Crippen LogP contribution >= 0.6 is 0 Å². The quantitative estimate of drug-likeness (QED) is 0.571. The Labute approximate surface area is 85.3 Å². The molecular formula is C12H17NO. The number of rotatable bonds is 5. The van der Waals surface area contributed by atoms with Crippen molar-refractivity contribution in [2.75, 3.05) is 13.1 Å². The van der Waals surface area contributed by atoms with Crippen LogP contribution < -0.4 is 5.32 Å². The topological polar surface area (TPSA) is 29.1 Å². The number of carbonyl (C=O) groups excluding carboxylic acids is 1. The van der Waals surface area contributed by atoms with E-state index in [4.69, 9.17) is 0 Å². The van der Waals surface area contributed by atoms with Crippen LogP contribution in [0.1, 0.15) is 29.3 Å². The van der Waals surface area contributed by atoms with E-state index < -0.39 is 0 Å². The van der Waals surface area contributed by atoms with Gasteiger partial charge in [0.15, 0.2) is 5.78 Å².